The van der Waals surface area contributed by atoms with E-state index in [9.17, 15) is 4.79 Å². The van der Waals surface area contributed by atoms with Crippen molar-refractivity contribution in [1.29, 1.82) is 0 Å². The van der Waals surface area contributed by atoms with Gasteiger partial charge in [0, 0.05) is 34.8 Å². The van der Waals surface area contributed by atoms with Gasteiger partial charge in [0.05, 0.1) is 20.2 Å². The molecule has 0 saturated heterocycles. The number of halogens is 1. The van der Waals surface area contributed by atoms with E-state index in [2.05, 4.69) is 29.9 Å². The van der Waals surface area contributed by atoms with Crippen molar-refractivity contribution in [3.63, 3.8) is 0 Å². The number of hydrogen-bond acceptors (Lipinski definition) is 2. The molecule has 1 heterocycles. The fourth-order valence-electron chi connectivity index (χ4n) is 2.77. The third-order valence-electron chi connectivity index (χ3n) is 4.16. The number of benzene rings is 2. The molecular weight excluding hydrogens is 360 g/mol. The summed E-state index contributed by atoms with van der Waals surface area (Å²) >= 11 is 6.40. The summed E-state index contributed by atoms with van der Waals surface area (Å²) in [5.41, 5.74) is 4.21. The first-order chi connectivity index (χ1) is 12.5. The van der Waals surface area contributed by atoms with Crippen molar-refractivity contribution in [3.8, 4) is 11.8 Å². The Hall–Kier alpha value is -2.35. The number of anilines is 1. The second-order valence-electron chi connectivity index (χ2n) is 6.52. The van der Waals surface area contributed by atoms with Crippen molar-refractivity contribution >= 4 is 37.7 Å². The Morgan fingerprint density at radius 3 is 2.69 bits per heavy atom. The van der Waals surface area contributed by atoms with Crippen LogP contribution in [0.25, 0.3) is 0 Å². The molecule has 3 nitrogen and oxygen atoms in total. The topological polar surface area (TPSA) is 32.7 Å². The number of amides is 1. The van der Waals surface area contributed by atoms with E-state index in [1.54, 1.807) is 11.9 Å². The van der Waals surface area contributed by atoms with Gasteiger partial charge in [-0.1, -0.05) is 48.8 Å². The van der Waals surface area contributed by atoms with Crippen LogP contribution in [0.5, 0.6) is 0 Å². The van der Waals surface area contributed by atoms with E-state index in [-0.39, 0.29) is 21.2 Å². The summed E-state index contributed by atoms with van der Waals surface area (Å²) in [4.78, 5) is 18.6. The van der Waals surface area contributed by atoms with Crippen LogP contribution in [0.2, 0.25) is 24.2 Å². The molecule has 0 saturated carbocycles. The van der Waals surface area contributed by atoms with Crippen LogP contribution < -0.4 is 4.90 Å². The molecule has 1 radical (unpaired) electrons. The molecule has 0 unspecified atom stereocenters. The van der Waals surface area contributed by atoms with Crippen LogP contribution >= 0.6 is 11.6 Å². The van der Waals surface area contributed by atoms with E-state index in [1.165, 1.54) is 0 Å². The monoisotopic (exact) mass is 379 g/mol. The van der Waals surface area contributed by atoms with Gasteiger partial charge in [-0.15, -0.1) is 5.92 Å². The maximum Gasteiger partial charge on any atom is 0.248 e. The van der Waals surface area contributed by atoms with E-state index in [0.29, 0.717) is 5.02 Å². The predicted molar refractivity (Wildman–Crippen MR) is 111 cm³/mol. The molecule has 5 heteroatoms. The lowest BCUT2D eigenvalue weighted by atomic mass is 9.98. The first-order valence-electron chi connectivity index (χ1n) is 8.45. The Morgan fingerprint density at radius 2 is 1.96 bits per heavy atom. The van der Waals surface area contributed by atoms with E-state index in [0.717, 1.165) is 34.1 Å². The van der Waals surface area contributed by atoms with Gasteiger partial charge in [0.2, 0.25) is 5.91 Å². The fraction of sp³-hybridized carbons (Fsp3) is 0.238. The Kier molecular flexibility index (Phi) is 5.60. The van der Waals surface area contributed by atoms with Crippen LogP contribution in [0.3, 0.4) is 0 Å². The van der Waals surface area contributed by atoms with Crippen molar-refractivity contribution in [2.24, 2.45) is 4.99 Å². The zero-order valence-electron chi connectivity index (χ0n) is 15.1. The summed E-state index contributed by atoms with van der Waals surface area (Å²) < 4.78 is 0. The molecule has 1 amide bonds. The highest BCUT2D eigenvalue weighted by atomic mass is 35.5. The molecule has 0 bridgehead atoms. The molecule has 2 aromatic rings. The van der Waals surface area contributed by atoms with Crippen molar-refractivity contribution in [3.05, 3.63) is 64.2 Å². The lowest BCUT2D eigenvalue weighted by Crippen LogP contribution is -2.27. The molecule has 0 aliphatic carbocycles. The maximum absolute atomic E-state index is 12.3. The smallest absolute Gasteiger partial charge is 0.248 e. The number of aliphatic imine (C=N–C) groups is 1. The number of benzodiazepines with no additional fused rings is 1. The third-order valence-corrected chi connectivity index (χ3v) is 5.38. The van der Waals surface area contributed by atoms with Gasteiger partial charge in [0.25, 0.3) is 0 Å². The average Bonchev–Trinajstić information content (AvgIpc) is 2.73. The Bertz CT molecular complexity index is 941. The molecule has 0 spiro atoms. The predicted octanol–water partition coefficient (Wildman–Crippen LogP) is 4.26. The number of rotatable bonds is 2. The largest absolute Gasteiger partial charge is 0.313 e. The molecular formula is C21H20ClN2OSi. The standard InChI is InChI=1S/C21H20ClN2OSi/c1-24-19-11-10-15(7-6-12-26(2)3)13-17(19)21(23-14-20(24)25)16-8-4-5-9-18(16)22/h4-5,8-11,13H,12,14H2,1-3H3. The van der Waals surface area contributed by atoms with E-state index < -0.39 is 0 Å². The number of carbonyl (C=O) groups is 1. The van der Waals surface area contributed by atoms with Crippen molar-refractivity contribution in [1.82, 2.24) is 0 Å². The number of nitrogens with zero attached hydrogens (tertiary/aromatic N) is 2. The minimum Gasteiger partial charge on any atom is -0.313 e. The normalized spacial score (nSPS) is 13.7. The van der Waals surface area contributed by atoms with Crippen LogP contribution in [0.4, 0.5) is 5.69 Å². The summed E-state index contributed by atoms with van der Waals surface area (Å²) in [6.45, 7) is 4.60. The number of carbonyl (C=O) groups excluding carboxylic acids is 1. The summed E-state index contributed by atoms with van der Waals surface area (Å²) in [7, 11) is 1.41. The molecule has 0 atom stereocenters. The number of likely N-dealkylation sites (N-methyl/N-ethyl adjacent to an activating group) is 1. The van der Waals surface area contributed by atoms with Crippen LogP contribution in [-0.2, 0) is 4.79 Å². The Labute approximate surface area is 161 Å². The first-order valence-corrected chi connectivity index (χ1v) is 11.5. The average molecular weight is 380 g/mol. The van der Waals surface area contributed by atoms with Crippen LogP contribution in [0, 0.1) is 11.8 Å². The van der Waals surface area contributed by atoms with Crippen molar-refractivity contribution in [2.75, 3.05) is 18.5 Å². The van der Waals surface area contributed by atoms with Crippen LogP contribution in [0.1, 0.15) is 16.7 Å². The van der Waals surface area contributed by atoms with Crippen molar-refractivity contribution < 1.29 is 4.79 Å². The second kappa shape index (κ2) is 7.90. The summed E-state index contributed by atoms with van der Waals surface area (Å²) in [6.07, 6.45) is 0. The number of fused-ring (bicyclic) bond motifs is 1. The zero-order chi connectivity index (χ0) is 18.7. The molecule has 0 N–H and O–H groups in total. The Balaban J connectivity index is 2.13. The Morgan fingerprint density at radius 1 is 1.19 bits per heavy atom. The van der Waals surface area contributed by atoms with Gasteiger partial charge >= 0.3 is 0 Å². The SMILES string of the molecule is CN1C(=O)CN=C(c2ccccc2Cl)c2cc(C#CC[Si](C)C)ccc21. The van der Waals surface area contributed by atoms with Crippen LogP contribution in [0.15, 0.2) is 47.5 Å². The van der Waals surface area contributed by atoms with E-state index in [4.69, 9.17) is 11.6 Å². The van der Waals surface area contributed by atoms with Gasteiger partial charge in [-0.3, -0.25) is 9.79 Å². The zero-order valence-corrected chi connectivity index (χ0v) is 16.9. The summed E-state index contributed by atoms with van der Waals surface area (Å²) in [5.74, 6) is 6.46. The molecule has 0 aromatic heterocycles. The van der Waals surface area contributed by atoms with Crippen molar-refractivity contribution in [2.45, 2.75) is 19.1 Å². The lowest BCUT2D eigenvalue weighted by molar-refractivity contribution is -0.116. The van der Waals surface area contributed by atoms with Crippen LogP contribution in [-0.4, -0.2) is 34.0 Å². The minimum absolute atomic E-state index is 0.0451. The highest BCUT2D eigenvalue weighted by Crippen LogP contribution is 2.29. The van der Waals surface area contributed by atoms with Gasteiger partial charge in [0.1, 0.15) is 6.54 Å². The molecule has 0 fully saturated rings. The van der Waals surface area contributed by atoms with Gasteiger partial charge < -0.3 is 4.90 Å². The quantitative estimate of drug-likeness (QED) is 0.566. The fourth-order valence-corrected chi connectivity index (χ4v) is 3.44. The first kappa shape index (κ1) is 18.4. The van der Waals surface area contributed by atoms with Gasteiger partial charge in [-0.25, -0.2) is 0 Å². The lowest BCUT2D eigenvalue weighted by Gasteiger charge is -2.18. The second-order valence-corrected chi connectivity index (χ2v) is 9.69. The summed E-state index contributed by atoms with van der Waals surface area (Å²) in [6, 6.07) is 14.4. The molecule has 131 valence electrons. The van der Waals surface area contributed by atoms with Gasteiger partial charge in [0.15, 0.2) is 0 Å². The third kappa shape index (κ3) is 3.90. The van der Waals surface area contributed by atoms with E-state index in [1.807, 2.05) is 42.5 Å². The maximum atomic E-state index is 12.3. The van der Waals surface area contributed by atoms with E-state index >= 15 is 0 Å². The minimum atomic E-state index is -0.369. The van der Waals surface area contributed by atoms with Gasteiger partial charge in [-0.2, -0.15) is 0 Å². The number of hydrogen-bond donors (Lipinski definition) is 0. The molecule has 2 aromatic carbocycles. The molecule has 1 aliphatic rings. The highest BCUT2D eigenvalue weighted by molar-refractivity contribution is 6.56. The molecule has 1 aliphatic heterocycles. The molecule has 3 rings (SSSR count). The molecule has 26 heavy (non-hydrogen) atoms. The highest BCUT2D eigenvalue weighted by Gasteiger charge is 2.23. The summed E-state index contributed by atoms with van der Waals surface area (Å²) in [5, 5.41) is 0.620. The van der Waals surface area contributed by atoms with Gasteiger partial charge in [-0.05, 0) is 24.3 Å².